The molecule has 0 aliphatic heterocycles. The Morgan fingerprint density at radius 1 is 1.29 bits per heavy atom. The van der Waals surface area contributed by atoms with Crippen molar-refractivity contribution in [1.82, 2.24) is 9.55 Å². The van der Waals surface area contributed by atoms with Gasteiger partial charge < -0.3 is 4.57 Å². The highest BCUT2D eigenvalue weighted by molar-refractivity contribution is 6.35. The smallest absolute Gasteiger partial charge is 0.125 e. The molecule has 1 heterocycles. The van der Waals surface area contributed by atoms with E-state index in [1.165, 1.54) is 0 Å². The Balaban J connectivity index is 2.73. The molecule has 17 heavy (non-hydrogen) atoms. The summed E-state index contributed by atoms with van der Waals surface area (Å²) in [5, 5.41) is 0.735. The van der Waals surface area contributed by atoms with E-state index >= 15 is 0 Å². The Bertz CT molecular complexity index is 531. The van der Waals surface area contributed by atoms with Crippen LogP contribution in [0.1, 0.15) is 32.6 Å². The number of alkyl halides is 1. The summed E-state index contributed by atoms with van der Waals surface area (Å²) < 4.78 is 2.16. The first kappa shape index (κ1) is 12.7. The van der Waals surface area contributed by atoms with Gasteiger partial charge in [-0.1, -0.05) is 31.5 Å². The largest absolute Gasteiger partial charge is 0.323 e. The normalized spacial score (nSPS) is 13.5. The molecule has 0 saturated heterocycles. The van der Waals surface area contributed by atoms with Gasteiger partial charge >= 0.3 is 0 Å². The first-order chi connectivity index (χ1) is 8.06. The number of imidazole rings is 1. The number of halogens is 2. The van der Waals surface area contributed by atoms with Crippen LogP contribution in [0.25, 0.3) is 11.0 Å². The lowest BCUT2D eigenvalue weighted by atomic mass is 10.1. The van der Waals surface area contributed by atoms with Gasteiger partial charge in [0.05, 0.1) is 21.9 Å². The van der Waals surface area contributed by atoms with Gasteiger partial charge in [0, 0.05) is 6.04 Å². The van der Waals surface area contributed by atoms with Crippen molar-refractivity contribution in [3.63, 3.8) is 0 Å². The summed E-state index contributed by atoms with van der Waals surface area (Å²) in [6.45, 7) is 6.54. The summed E-state index contributed by atoms with van der Waals surface area (Å²) in [6.07, 6.45) is 0. The molecule has 0 saturated carbocycles. The van der Waals surface area contributed by atoms with Crippen LogP contribution in [0.5, 0.6) is 0 Å². The molecule has 1 atom stereocenters. The highest BCUT2D eigenvalue weighted by Crippen LogP contribution is 2.30. The summed E-state index contributed by atoms with van der Waals surface area (Å²) >= 11 is 12.3. The van der Waals surface area contributed by atoms with E-state index in [1.54, 1.807) is 0 Å². The SMILES string of the molecule is CC(C)C(C)n1c(CCl)nc2cccc(Cl)c21. The molecular weight excluding hydrogens is 255 g/mol. The zero-order chi connectivity index (χ0) is 12.6. The van der Waals surface area contributed by atoms with Crippen LogP contribution in [0, 0.1) is 5.92 Å². The van der Waals surface area contributed by atoms with E-state index in [-0.39, 0.29) is 0 Å². The number of para-hydroxylation sites is 1. The molecule has 0 fully saturated rings. The minimum atomic E-state index is 0.327. The molecule has 2 rings (SSSR count). The summed E-state index contributed by atoms with van der Waals surface area (Å²) in [5.41, 5.74) is 1.91. The first-order valence-electron chi connectivity index (χ1n) is 5.77. The molecule has 1 aromatic carbocycles. The fourth-order valence-corrected chi connectivity index (χ4v) is 2.43. The molecule has 0 aliphatic carbocycles. The standard InChI is InChI=1S/C13H16Cl2N2/c1-8(2)9(3)17-12(7-14)16-11-6-4-5-10(15)13(11)17/h4-6,8-9H,7H2,1-3H3. The van der Waals surface area contributed by atoms with Gasteiger partial charge in [0.25, 0.3) is 0 Å². The molecule has 4 heteroatoms. The zero-order valence-electron chi connectivity index (χ0n) is 10.2. The molecule has 0 aliphatic rings. The maximum atomic E-state index is 6.28. The second-order valence-corrected chi connectivity index (χ2v) is 5.30. The maximum absolute atomic E-state index is 6.28. The third-order valence-corrected chi connectivity index (χ3v) is 3.77. The van der Waals surface area contributed by atoms with Crippen molar-refractivity contribution in [3.05, 3.63) is 29.0 Å². The lowest BCUT2D eigenvalue weighted by Gasteiger charge is -2.20. The van der Waals surface area contributed by atoms with Crippen LogP contribution in [0.2, 0.25) is 5.02 Å². The maximum Gasteiger partial charge on any atom is 0.125 e. The average Bonchev–Trinajstić information content (AvgIpc) is 2.67. The molecule has 1 unspecified atom stereocenters. The van der Waals surface area contributed by atoms with E-state index in [0.29, 0.717) is 17.8 Å². The average molecular weight is 271 g/mol. The quantitative estimate of drug-likeness (QED) is 0.743. The lowest BCUT2D eigenvalue weighted by Crippen LogP contribution is -2.14. The molecule has 0 radical (unpaired) electrons. The van der Waals surface area contributed by atoms with Crippen LogP contribution in [0.15, 0.2) is 18.2 Å². The van der Waals surface area contributed by atoms with E-state index in [0.717, 1.165) is 21.9 Å². The highest BCUT2D eigenvalue weighted by atomic mass is 35.5. The minimum Gasteiger partial charge on any atom is -0.323 e. The van der Waals surface area contributed by atoms with Crippen molar-refractivity contribution in [2.24, 2.45) is 5.92 Å². The molecule has 0 N–H and O–H groups in total. The van der Waals surface area contributed by atoms with Crippen LogP contribution in [-0.4, -0.2) is 9.55 Å². The van der Waals surface area contributed by atoms with Gasteiger partial charge in [0.1, 0.15) is 5.82 Å². The van der Waals surface area contributed by atoms with Crippen LogP contribution in [-0.2, 0) is 5.88 Å². The third-order valence-electron chi connectivity index (χ3n) is 3.23. The number of fused-ring (bicyclic) bond motifs is 1. The van der Waals surface area contributed by atoms with E-state index < -0.39 is 0 Å². The number of rotatable bonds is 3. The van der Waals surface area contributed by atoms with Crippen molar-refractivity contribution in [2.75, 3.05) is 0 Å². The fourth-order valence-electron chi connectivity index (χ4n) is 1.99. The lowest BCUT2D eigenvalue weighted by molar-refractivity contribution is 0.409. The van der Waals surface area contributed by atoms with Gasteiger partial charge in [-0.2, -0.15) is 0 Å². The van der Waals surface area contributed by atoms with Crippen LogP contribution >= 0.6 is 23.2 Å². The van der Waals surface area contributed by atoms with E-state index in [9.17, 15) is 0 Å². The van der Waals surface area contributed by atoms with Crippen LogP contribution < -0.4 is 0 Å². The first-order valence-corrected chi connectivity index (χ1v) is 6.68. The molecule has 92 valence electrons. The molecule has 2 aromatic rings. The second-order valence-electron chi connectivity index (χ2n) is 4.62. The Labute approximate surface area is 112 Å². The van der Waals surface area contributed by atoms with Gasteiger partial charge in [-0.05, 0) is 25.0 Å². The van der Waals surface area contributed by atoms with Gasteiger partial charge in [-0.25, -0.2) is 4.98 Å². The molecule has 0 spiro atoms. The van der Waals surface area contributed by atoms with Crippen LogP contribution in [0.4, 0.5) is 0 Å². The van der Waals surface area contributed by atoms with E-state index in [4.69, 9.17) is 23.2 Å². The highest BCUT2D eigenvalue weighted by Gasteiger charge is 2.19. The fraction of sp³-hybridized carbons (Fsp3) is 0.462. The summed E-state index contributed by atoms with van der Waals surface area (Å²) in [7, 11) is 0. The van der Waals surface area contributed by atoms with Crippen molar-refractivity contribution in [3.8, 4) is 0 Å². The Hall–Kier alpha value is -0.730. The van der Waals surface area contributed by atoms with E-state index in [1.807, 2.05) is 18.2 Å². The Kier molecular flexibility index (Phi) is 3.64. The number of hydrogen-bond donors (Lipinski definition) is 0. The summed E-state index contributed by atoms with van der Waals surface area (Å²) in [5.74, 6) is 1.80. The van der Waals surface area contributed by atoms with Crippen molar-refractivity contribution >= 4 is 34.2 Å². The minimum absolute atomic E-state index is 0.327. The van der Waals surface area contributed by atoms with Gasteiger partial charge in [0.2, 0.25) is 0 Å². The number of benzene rings is 1. The topological polar surface area (TPSA) is 17.8 Å². The molecule has 0 amide bonds. The number of nitrogens with zero attached hydrogens (tertiary/aromatic N) is 2. The van der Waals surface area contributed by atoms with Crippen molar-refractivity contribution in [2.45, 2.75) is 32.7 Å². The third kappa shape index (κ3) is 2.16. The predicted molar refractivity (Wildman–Crippen MR) is 73.8 cm³/mol. The van der Waals surface area contributed by atoms with Crippen molar-refractivity contribution < 1.29 is 0 Å². The molecule has 2 nitrogen and oxygen atoms in total. The van der Waals surface area contributed by atoms with Crippen LogP contribution in [0.3, 0.4) is 0 Å². The van der Waals surface area contributed by atoms with E-state index in [2.05, 4.69) is 30.3 Å². The zero-order valence-corrected chi connectivity index (χ0v) is 11.8. The van der Waals surface area contributed by atoms with Gasteiger partial charge in [-0.3, -0.25) is 0 Å². The summed E-state index contributed by atoms with van der Waals surface area (Å²) in [4.78, 5) is 4.54. The number of aromatic nitrogens is 2. The molecule has 0 bridgehead atoms. The van der Waals surface area contributed by atoms with Gasteiger partial charge in [-0.15, -0.1) is 11.6 Å². The predicted octanol–water partition coefficient (Wildman–Crippen LogP) is 4.65. The number of hydrogen-bond acceptors (Lipinski definition) is 1. The Morgan fingerprint density at radius 3 is 2.59 bits per heavy atom. The second kappa shape index (κ2) is 4.87. The van der Waals surface area contributed by atoms with Gasteiger partial charge in [0.15, 0.2) is 0 Å². The molecule has 1 aromatic heterocycles. The summed E-state index contributed by atoms with van der Waals surface area (Å²) in [6, 6.07) is 6.11. The Morgan fingerprint density at radius 2 is 2.00 bits per heavy atom. The van der Waals surface area contributed by atoms with Crippen molar-refractivity contribution in [1.29, 1.82) is 0 Å². The molecular formula is C13H16Cl2N2. The monoisotopic (exact) mass is 270 g/mol.